The Morgan fingerprint density at radius 3 is 1.89 bits per heavy atom. The maximum absolute atomic E-state index is 12.4. The molecule has 0 amide bonds. The highest BCUT2D eigenvalue weighted by Crippen LogP contribution is 2.02. The molecule has 0 N–H and O–H groups in total. The first-order valence-corrected chi connectivity index (χ1v) is 2.97. The van der Waals surface area contributed by atoms with Gasteiger partial charge in [0.25, 0.3) is 0 Å². The van der Waals surface area contributed by atoms with Crippen molar-refractivity contribution in [3.8, 4) is 0 Å². The molecule has 9 heavy (non-hydrogen) atoms. The molecule has 0 rings (SSSR count). The normalized spacial score (nSPS) is 18.0. The molecule has 0 aromatic carbocycles. The van der Waals surface area contributed by atoms with Crippen LogP contribution < -0.4 is 0 Å². The molecule has 0 saturated heterocycles. The molecule has 0 saturated carbocycles. The van der Waals surface area contributed by atoms with Gasteiger partial charge in [-0.25, -0.2) is 8.78 Å². The highest BCUT2D eigenvalue weighted by molar-refractivity contribution is 4.64. The molecule has 0 aliphatic carbocycles. The molecule has 0 radical (unpaired) electrons. The van der Waals surface area contributed by atoms with Gasteiger partial charge in [-0.1, -0.05) is 0 Å². The fraction of sp³-hybridized carbons (Fsp3) is 1.00. The fourth-order valence-corrected chi connectivity index (χ4v) is 0.494. The van der Waals surface area contributed by atoms with Crippen LogP contribution in [0.2, 0.25) is 0 Å². The molecular formula is C6H13F2N. The van der Waals surface area contributed by atoms with E-state index < -0.39 is 12.3 Å². The van der Waals surface area contributed by atoms with Crippen LogP contribution in [-0.4, -0.2) is 37.9 Å². The Kier molecular flexibility index (Phi) is 3.70. The Hall–Kier alpha value is -0.180. The van der Waals surface area contributed by atoms with Gasteiger partial charge < -0.3 is 4.90 Å². The summed E-state index contributed by atoms with van der Waals surface area (Å²) >= 11 is 0. The van der Waals surface area contributed by atoms with Gasteiger partial charge in [-0.2, -0.15) is 0 Å². The summed E-state index contributed by atoms with van der Waals surface area (Å²) in [4.78, 5) is 1.63. The van der Waals surface area contributed by atoms with Crippen LogP contribution >= 0.6 is 0 Å². The zero-order valence-corrected chi connectivity index (χ0v) is 6.06. The van der Waals surface area contributed by atoms with Gasteiger partial charge in [0.1, 0.15) is 12.3 Å². The zero-order valence-electron chi connectivity index (χ0n) is 6.06. The standard InChI is InChI=1S/C6H13F2N/c1-5(7)6(8)4-9(2)3/h5-6H,4H2,1-3H3. The molecule has 0 fully saturated rings. The van der Waals surface area contributed by atoms with Crippen LogP contribution in [0.4, 0.5) is 8.78 Å². The van der Waals surface area contributed by atoms with Gasteiger partial charge in [0.2, 0.25) is 0 Å². The van der Waals surface area contributed by atoms with E-state index in [-0.39, 0.29) is 6.54 Å². The van der Waals surface area contributed by atoms with Gasteiger partial charge in [-0.05, 0) is 21.0 Å². The molecule has 0 heterocycles. The van der Waals surface area contributed by atoms with Crippen molar-refractivity contribution in [1.82, 2.24) is 4.90 Å². The minimum atomic E-state index is -1.35. The first-order chi connectivity index (χ1) is 4.04. The van der Waals surface area contributed by atoms with Gasteiger partial charge >= 0.3 is 0 Å². The van der Waals surface area contributed by atoms with Crippen molar-refractivity contribution in [3.63, 3.8) is 0 Å². The monoisotopic (exact) mass is 137 g/mol. The maximum Gasteiger partial charge on any atom is 0.143 e. The first-order valence-electron chi connectivity index (χ1n) is 2.97. The lowest BCUT2D eigenvalue weighted by molar-refractivity contribution is 0.147. The molecule has 0 spiro atoms. The first kappa shape index (κ1) is 8.82. The Morgan fingerprint density at radius 2 is 1.78 bits per heavy atom. The second-order valence-electron chi connectivity index (χ2n) is 2.46. The molecular weight excluding hydrogens is 124 g/mol. The summed E-state index contributed by atoms with van der Waals surface area (Å²) in [6.45, 7) is 1.39. The van der Waals surface area contributed by atoms with Crippen molar-refractivity contribution in [3.05, 3.63) is 0 Å². The molecule has 0 aromatic rings. The number of hydrogen-bond acceptors (Lipinski definition) is 1. The van der Waals surface area contributed by atoms with Crippen molar-refractivity contribution in [2.75, 3.05) is 20.6 Å². The average Bonchev–Trinajstić information content (AvgIpc) is 1.63. The molecule has 0 aliphatic heterocycles. The van der Waals surface area contributed by atoms with E-state index in [0.717, 1.165) is 0 Å². The third kappa shape index (κ3) is 4.33. The van der Waals surface area contributed by atoms with Crippen LogP contribution in [0.15, 0.2) is 0 Å². The molecule has 0 aromatic heterocycles. The van der Waals surface area contributed by atoms with E-state index in [1.807, 2.05) is 0 Å². The fourth-order valence-electron chi connectivity index (χ4n) is 0.494. The van der Waals surface area contributed by atoms with Crippen LogP contribution in [0.5, 0.6) is 0 Å². The molecule has 2 unspecified atom stereocenters. The molecule has 56 valence electrons. The lowest BCUT2D eigenvalue weighted by Gasteiger charge is -2.14. The summed E-state index contributed by atoms with van der Waals surface area (Å²) in [5.41, 5.74) is 0. The van der Waals surface area contributed by atoms with E-state index in [1.54, 1.807) is 19.0 Å². The predicted molar refractivity (Wildman–Crippen MR) is 34.0 cm³/mol. The van der Waals surface area contributed by atoms with Gasteiger partial charge in [-0.15, -0.1) is 0 Å². The van der Waals surface area contributed by atoms with Crippen molar-refractivity contribution >= 4 is 0 Å². The summed E-state index contributed by atoms with van der Waals surface area (Å²) in [6, 6.07) is 0. The van der Waals surface area contributed by atoms with E-state index in [2.05, 4.69) is 0 Å². The Morgan fingerprint density at radius 1 is 1.33 bits per heavy atom. The molecule has 3 heteroatoms. The van der Waals surface area contributed by atoms with E-state index in [0.29, 0.717) is 0 Å². The van der Waals surface area contributed by atoms with Crippen LogP contribution in [0.1, 0.15) is 6.92 Å². The minimum Gasteiger partial charge on any atom is -0.306 e. The van der Waals surface area contributed by atoms with Gasteiger partial charge in [0.15, 0.2) is 0 Å². The highest BCUT2D eigenvalue weighted by atomic mass is 19.2. The molecule has 0 bridgehead atoms. The number of rotatable bonds is 3. The molecule has 2 atom stereocenters. The topological polar surface area (TPSA) is 3.24 Å². The van der Waals surface area contributed by atoms with Crippen LogP contribution in [0.25, 0.3) is 0 Å². The van der Waals surface area contributed by atoms with Crippen molar-refractivity contribution in [1.29, 1.82) is 0 Å². The lowest BCUT2D eigenvalue weighted by atomic mass is 10.2. The number of alkyl halides is 2. The summed E-state index contributed by atoms with van der Waals surface area (Å²) in [6.07, 6.45) is -2.70. The summed E-state index contributed by atoms with van der Waals surface area (Å²) in [7, 11) is 3.43. The second kappa shape index (κ2) is 3.77. The molecule has 0 aliphatic rings. The van der Waals surface area contributed by atoms with E-state index in [1.165, 1.54) is 6.92 Å². The van der Waals surface area contributed by atoms with E-state index in [9.17, 15) is 8.78 Å². The number of hydrogen-bond donors (Lipinski definition) is 0. The largest absolute Gasteiger partial charge is 0.306 e. The van der Waals surface area contributed by atoms with Crippen LogP contribution in [0.3, 0.4) is 0 Å². The van der Waals surface area contributed by atoms with Crippen LogP contribution in [-0.2, 0) is 0 Å². The maximum atomic E-state index is 12.4. The van der Waals surface area contributed by atoms with Gasteiger partial charge in [0.05, 0.1) is 0 Å². The Balaban J connectivity index is 3.38. The summed E-state index contributed by atoms with van der Waals surface area (Å²) in [5, 5.41) is 0. The minimum absolute atomic E-state index is 0.164. The number of nitrogens with zero attached hydrogens (tertiary/aromatic N) is 1. The summed E-state index contributed by atoms with van der Waals surface area (Å²) in [5.74, 6) is 0. The second-order valence-corrected chi connectivity index (χ2v) is 2.46. The molecule has 1 nitrogen and oxygen atoms in total. The van der Waals surface area contributed by atoms with Gasteiger partial charge in [-0.3, -0.25) is 0 Å². The Bertz CT molecular complexity index is 73.5. The van der Waals surface area contributed by atoms with Crippen molar-refractivity contribution in [2.45, 2.75) is 19.3 Å². The Labute approximate surface area is 54.7 Å². The zero-order chi connectivity index (χ0) is 7.44. The van der Waals surface area contributed by atoms with Crippen molar-refractivity contribution in [2.24, 2.45) is 0 Å². The average molecular weight is 137 g/mol. The third-order valence-electron chi connectivity index (χ3n) is 1.04. The third-order valence-corrected chi connectivity index (χ3v) is 1.04. The quantitative estimate of drug-likeness (QED) is 0.565. The highest BCUT2D eigenvalue weighted by Gasteiger charge is 2.14. The smallest absolute Gasteiger partial charge is 0.143 e. The SMILES string of the molecule is CC(F)C(F)CN(C)C. The van der Waals surface area contributed by atoms with Crippen molar-refractivity contribution < 1.29 is 8.78 Å². The lowest BCUT2D eigenvalue weighted by Crippen LogP contribution is -2.28. The summed E-state index contributed by atoms with van der Waals surface area (Å²) < 4.78 is 24.4. The predicted octanol–water partition coefficient (Wildman–Crippen LogP) is 1.24. The van der Waals surface area contributed by atoms with Crippen LogP contribution in [0, 0.1) is 0 Å². The van der Waals surface area contributed by atoms with E-state index in [4.69, 9.17) is 0 Å². The van der Waals surface area contributed by atoms with E-state index >= 15 is 0 Å². The number of halogens is 2. The van der Waals surface area contributed by atoms with Gasteiger partial charge in [0, 0.05) is 6.54 Å².